The number of pyridine rings is 1. The van der Waals surface area contributed by atoms with Crippen molar-refractivity contribution in [3.8, 4) is 22.8 Å². The molecule has 1 aromatic heterocycles. The van der Waals surface area contributed by atoms with E-state index in [2.05, 4.69) is 0 Å². The molecule has 0 spiro atoms. The van der Waals surface area contributed by atoms with Crippen molar-refractivity contribution in [3.63, 3.8) is 0 Å². The van der Waals surface area contributed by atoms with Crippen molar-refractivity contribution in [1.29, 1.82) is 5.41 Å². The summed E-state index contributed by atoms with van der Waals surface area (Å²) in [5.41, 5.74) is 15.9. The van der Waals surface area contributed by atoms with Crippen LogP contribution in [0.3, 0.4) is 0 Å². The van der Waals surface area contributed by atoms with E-state index in [-0.39, 0.29) is 17.7 Å². The normalized spacial score (nSPS) is 15.0. The van der Waals surface area contributed by atoms with Gasteiger partial charge in [0.2, 0.25) is 0 Å². The highest BCUT2D eigenvalue weighted by molar-refractivity contribution is 6.05. The van der Waals surface area contributed by atoms with Gasteiger partial charge in [0.25, 0.3) is 5.91 Å². The molecule has 0 aliphatic carbocycles. The summed E-state index contributed by atoms with van der Waals surface area (Å²) in [4.78, 5) is 19.7. The van der Waals surface area contributed by atoms with Crippen LogP contribution in [-0.4, -0.2) is 34.7 Å². The number of carbonyl (C=O) groups excluding carboxylic acids is 1. The summed E-state index contributed by atoms with van der Waals surface area (Å²) in [6.07, 6.45) is 0.785. The Morgan fingerprint density at radius 1 is 0.944 bits per heavy atom. The topological polar surface area (TPSA) is 118 Å². The Morgan fingerprint density at radius 2 is 1.58 bits per heavy atom. The summed E-state index contributed by atoms with van der Waals surface area (Å²) >= 11 is 0. The minimum atomic E-state index is -0.140. The maximum atomic E-state index is 12.9. The van der Waals surface area contributed by atoms with Crippen LogP contribution in [0.2, 0.25) is 0 Å². The molecule has 1 saturated heterocycles. The van der Waals surface area contributed by atoms with Gasteiger partial charge >= 0.3 is 0 Å². The molecule has 1 unspecified atom stereocenters. The molecule has 0 radical (unpaired) electrons. The Morgan fingerprint density at radius 3 is 2.25 bits per heavy atom. The Hall–Kier alpha value is -4.65. The quantitative estimate of drug-likeness (QED) is 0.266. The molecule has 1 amide bonds. The third-order valence-electron chi connectivity index (χ3n) is 6.36. The minimum absolute atomic E-state index is 0.0145. The third-order valence-corrected chi connectivity index (χ3v) is 6.36. The lowest BCUT2D eigenvalue weighted by atomic mass is 9.98. The number of nitrogens with two attached hydrogens (primary N) is 2. The van der Waals surface area contributed by atoms with Crippen LogP contribution in [-0.2, 0) is 0 Å². The van der Waals surface area contributed by atoms with Crippen LogP contribution in [0.1, 0.15) is 34.0 Å². The second kappa shape index (κ2) is 9.92. The number of aromatic nitrogens is 1. The second-order valence-electron chi connectivity index (χ2n) is 8.82. The number of carbonyl (C=O) groups is 1. The highest BCUT2D eigenvalue weighted by Crippen LogP contribution is 2.34. The van der Waals surface area contributed by atoms with Gasteiger partial charge in [0.05, 0.1) is 11.3 Å². The first kappa shape index (κ1) is 23.1. The van der Waals surface area contributed by atoms with E-state index in [0.717, 1.165) is 23.4 Å². The molecule has 36 heavy (non-hydrogen) atoms. The average molecular weight is 478 g/mol. The lowest BCUT2D eigenvalue weighted by Crippen LogP contribution is -2.28. The molecule has 5 N–H and O–H groups in total. The number of amides is 1. The minimum Gasteiger partial charge on any atom is -0.457 e. The van der Waals surface area contributed by atoms with Crippen molar-refractivity contribution in [2.24, 2.45) is 5.73 Å². The molecule has 3 aromatic carbocycles. The highest BCUT2D eigenvalue weighted by atomic mass is 16.5. The van der Waals surface area contributed by atoms with E-state index in [9.17, 15) is 4.79 Å². The molecule has 2 heterocycles. The maximum absolute atomic E-state index is 12.9. The number of amidine groups is 1. The SMILES string of the molecule is N=C(N)c1c(N)cc(C2CCN(C(=O)c3ccccc3)C2)nc1-c1ccc(Oc2ccccc2)cc1. The van der Waals surface area contributed by atoms with Crippen molar-refractivity contribution >= 4 is 17.4 Å². The van der Waals surface area contributed by atoms with Crippen LogP contribution in [0.15, 0.2) is 91.0 Å². The largest absolute Gasteiger partial charge is 0.457 e. The summed E-state index contributed by atoms with van der Waals surface area (Å²) in [5.74, 6) is 1.35. The van der Waals surface area contributed by atoms with Crippen molar-refractivity contribution in [1.82, 2.24) is 9.88 Å². The van der Waals surface area contributed by atoms with Gasteiger partial charge in [-0.2, -0.15) is 0 Å². The smallest absolute Gasteiger partial charge is 0.253 e. The first-order chi connectivity index (χ1) is 17.5. The summed E-state index contributed by atoms with van der Waals surface area (Å²) in [6, 6.07) is 28.1. The maximum Gasteiger partial charge on any atom is 0.253 e. The number of nitrogens with zero attached hydrogens (tertiary/aromatic N) is 2. The van der Waals surface area contributed by atoms with Gasteiger partial charge in [-0.1, -0.05) is 36.4 Å². The Bertz CT molecular complexity index is 1390. The highest BCUT2D eigenvalue weighted by Gasteiger charge is 2.30. The third kappa shape index (κ3) is 4.77. The standard InChI is InChI=1S/C29H27N5O2/c30-24-17-25(21-15-16-34(18-21)29(35)20-7-3-1-4-8-20)33-27(26(24)28(31)32)19-11-13-23(14-12-19)36-22-9-5-2-6-10-22/h1-14,17,21H,15-16,18H2,(H2,30,33)(H3,31,32). The number of rotatable bonds is 6. The molecule has 7 heteroatoms. The first-order valence-electron chi connectivity index (χ1n) is 11.8. The number of hydrogen-bond acceptors (Lipinski definition) is 5. The fraction of sp³-hybridized carbons (Fsp3) is 0.138. The molecular weight excluding hydrogens is 450 g/mol. The number of para-hydroxylation sites is 1. The van der Waals surface area contributed by atoms with Gasteiger partial charge in [-0.3, -0.25) is 15.2 Å². The Labute approximate surface area is 209 Å². The summed E-state index contributed by atoms with van der Waals surface area (Å²) in [5, 5.41) is 8.10. The number of anilines is 1. The molecular formula is C29H27N5O2. The van der Waals surface area contributed by atoms with E-state index in [4.69, 9.17) is 26.6 Å². The van der Waals surface area contributed by atoms with E-state index in [1.165, 1.54) is 0 Å². The Kier molecular flexibility index (Phi) is 6.36. The molecule has 1 aliphatic heterocycles. The van der Waals surface area contributed by atoms with Crippen molar-refractivity contribution in [2.45, 2.75) is 12.3 Å². The number of nitrogen functional groups attached to an aromatic ring is 2. The zero-order valence-corrected chi connectivity index (χ0v) is 19.7. The molecule has 5 rings (SSSR count). The molecule has 1 fully saturated rings. The average Bonchev–Trinajstić information content (AvgIpc) is 3.40. The van der Waals surface area contributed by atoms with Gasteiger partial charge in [-0.05, 0) is 61.0 Å². The zero-order chi connectivity index (χ0) is 25.1. The lowest BCUT2D eigenvalue weighted by molar-refractivity contribution is 0.0790. The molecule has 7 nitrogen and oxygen atoms in total. The van der Waals surface area contributed by atoms with Crippen LogP contribution in [0.25, 0.3) is 11.3 Å². The van der Waals surface area contributed by atoms with E-state index in [0.29, 0.717) is 41.3 Å². The van der Waals surface area contributed by atoms with Crippen molar-refractivity contribution in [3.05, 3.63) is 108 Å². The molecule has 0 saturated carbocycles. The fourth-order valence-corrected chi connectivity index (χ4v) is 4.54. The number of likely N-dealkylation sites (tertiary alicyclic amines) is 1. The molecule has 1 atom stereocenters. The Balaban J connectivity index is 1.41. The number of nitrogens with one attached hydrogen (secondary N) is 1. The summed E-state index contributed by atoms with van der Waals surface area (Å²) in [7, 11) is 0. The monoisotopic (exact) mass is 477 g/mol. The van der Waals surface area contributed by atoms with Gasteiger partial charge in [0.1, 0.15) is 17.3 Å². The molecule has 0 bridgehead atoms. The molecule has 4 aromatic rings. The van der Waals surface area contributed by atoms with Crippen LogP contribution in [0, 0.1) is 5.41 Å². The van der Waals surface area contributed by atoms with Crippen LogP contribution < -0.4 is 16.2 Å². The van der Waals surface area contributed by atoms with Crippen LogP contribution >= 0.6 is 0 Å². The van der Waals surface area contributed by atoms with Gasteiger partial charge in [-0.15, -0.1) is 0 Å². The number of benzene rings is 3. The van der Waals surface area contributed by atoms with E-state index in [1.807, 2.05) is 89.8 Å². The van der Waals surface area contributed by atoms with E-state index >= 15 is 0 Å². The molecule has 180 valence electrons. The van der Waals surface area contributed by atoms with Gasteiger partial charge in [-0.25, -0.2) is 0 Å². The predicted molar refractivity (Wildman–Crippen MR) is 141 cm³/mol. The summed E-state index contributed by atoms with van der Waals surface area (Å²) in [6.45, 7) is 1.21. The van der Waals surface area contributed by atoms with Crippen LogP contribution in [0.5, 0.6) is 11.5 Å². The van der Waals surface area contributed by atoms with E-state index < -0.39 is 0 Å². The van der Waals surface area contributed by atoms with Crippen molar-refractivity contribution in [2.75, 3.05) is 18.8 Å². The fourth-order valence-electron chi connectivity index (χ4n) is 4.54. The van der Waals surface area contributed by atoms with E-state index in [1.54, 1.807) is 6.07 Å². The summed E-state index contributed by atoms with van der Waals surface area (Å²) < 4.78 is 5.90. The lowest BCUT2D eigenvalue weighted by Gasteiger charge is -2.18. The zero-order valence-electron chi connectivity index (χ0n) is 19.7. The second-order valence-corrected chi connectivity index (χ2v) is 8.82. The predicted octanol–water partition coefficient (Wildman–Crippen LogP) is 5.04. The van der Waals surface area contributed by atoms with Crippen LogP contribution in [0.4, 0.5) is 5.69 Å². The number of hydrogen-bond donors (Lipinski definition) is 3. The molecule has 1 aliphatic rings. The number of ether oxygens (including phenoxy) is 1. The van der Waals surface area contributed by atoms with Gasteiger partial charge in [0.15, 0.2) is 0 Å². The van der Waals surface area contributed by atoms with Gasteiger partial charge < -0.3 is 21.1 Å². The van der Waals surface area contributed by atoms with Gasteiger partial charge in [0, 0.05) is 41.5 Å². The first-order valence-corrected chi connectivity index (χ1v) is 11.8. The van der Waals surface area contributed by atoms with Crippen molar-refractivity contribution < 1.29 is 9.53 Å².